The lowest BCUT2D eigenvalue weighted by atomic mass is 10.2. The van der Waals surface area contributed by atoms with Gasteiger partial charge in [0, 0.05) is 12.8 Å². The van der Waals surface area contributed by atoms with Crippen LogP contribution in [0.3, 0.4) is 0 Å². The van der Waals surface area contributed by atoms with Crippen LogP contribution < -0.4 is 14.4 Å². The molecular formula is C17H21N2O4S+. The molecule has 7 heteroatoms. The highest BCUT2D eigenvalue weighted by Gasteiger charge is 2.38. The van der Waals surface area contributed by atoms with Crippen LogP contribution >= 0.6 is 11.8 Å². The van der Waals surface area contributed by atoms with Crippen LogP contribution in [0, 0.1) is 0 Å². The van der Waals surface area contributed by atoms with Crippen LogP contribution in [-0.4, -0.2) is 50.0 Å². The third kappa shape index (κ3) is 3.42. The molecule has 6 nitrogen and oxygen atoms in total. The van der Waals surface area contributed by atoms with E-state index < -0.39 is 0 Å². The molecule has 0 radical (unpaired) electrons. The maximum Gasteiger partial charge on any atom is 0.298 e. The second-order valence-corrected chi connectivity index (χ2v) is 6.83. The number of benzene rings is 1. The Hall–Kier alpha value is -1.99. The Morgan fingerprint density at radius 2 is 1.88 bits per heavy atom. The summed E-state index contributed by atoms with van der Waals surface area (Å²) in [5.41, 5.74) is 0.798. The average molecular weight is 349 g/mol. The van der Waals surface area contributed by atoms with Crippen LogP contribution in [0.5, 0.6) is 11.5 Å². The number of carbonyl (C=O) groups excluding carboxylic acids is 2. The standard InChI is InChI=1S/C17H20N2O4S/c1-22-13-6-5-12(9-14(13)23-2)10-15-16(20)19(17(21)24-15)11-18-7-3-4-8-18/h5-6,9-10H,3-4,7-8,11H2,1-2H3/p+1/b15-10-. The third-order valence-corrected chi connectivity index (χ3v) is 5.18. The van der Waals surface area contributed by atoms with Crippen LogP contribution in [0.4, 0.5) is 4.79 Å². The summed E-state index contributed by atoms with van der Waals surface area (Å²) in [5, 5.41) is -0.189. The largest absolute Gasteiger partial charge is 0.493 e. The van der Waals surface area contributed by atoms with E-state index in [0.29, 0.717) is 23.1 Å². The molecule has 1 aromatic carbocycles. The van der Waals surface area contributed by atoms with Gasteiger partial charge in [0.1, 0.15) is 0 Å². The van der Waals surface area contributed by atoms with Gasteiger partial charge in [0.05, 0.1) is 32.2 Å². The first-order valence-electron chi connectivity index (χ1n) is 7.93. The lowest BCUT2D eigenvalue weighted by Gasteiger charge is -2.18. The molecule has 1 N–H and O–H groups in total. The van der Waals surface area contributed by atoms with E-state index in [1.54, 1.807) is 32.4 Å². The van der Waals surface area contributed by atoms with Gasteiger partial charge in [0.2, 0.25) is 0 Å². The van der Waals surface area contributed by atoms with Crippen molar-refractivity contribution < 1.29 is 24.0 Å². The zero-order valence-corrected chi connectivity index (χ0v) is 14.6. The minimum atomic E-state index is -0.209. The lowest BCUT2D eigenvalue weighted by molar-refractivity contribution is -0.894. The van der Waals surface area contributed by atoms with Crippen LogP contribution in [0.15, 0.2) is 23.1 Å². The molecule has 0 spiro atoms. The summed E-state index contributed by atoms with van der Waals surface area (Å²) in [7, 11) is 3.14. The Kier molecular flexibility index (Phi) is 5.11. The molecule has 0 saturated carbocycles. The monoisotopic (exact) mass is 349 g/mol. The van der Waals surface area contributed by atoms with E-state index in [2.05, 4.69) is 0 Å². The predicted molar refractivity (Wildman–Crippen MR) is 92.2 cm³/mol. The molecule has 0 aromatic heterocycles. The van der Waals surface area contributed by atoms with E-state index in [-0.39, 0.29) is 11.1 Å². The van der Waals surface area contributed by atoms with Gasteiger partial charge in [0.25, 0.3) is 11.1 Å². The van der Waals surface area contributed by atoms with Gasteiger partial charge in [-0.05, 0) is 35.5 Å². The SMILES string of the molecule is COc1ccc(/C=C2\SC(=O)N(C[NH+]3CCCC3)C2=O)cc1OC. The zero-order chi connectivity index (χ0) is 17.1. The van der Waals surface area contributed by atoms with E-state index in [1.165, 1.54) is 9.80 Å². The summed E-state index contributed by atoms with van der Waals surface area (Å²) >= 11 is 0.997. The van der Waals surface area contributed by atoms with Crippen molar-refractivity contribution in [2.75, 3.05) is 34.0 Å². The molecule has 3 rings (SSSR count). The topological polar surface area (TPSA) is 60.3 Å². The van der Waals surface area contributed by atoms with Crippen LogP contribution in [0.2, 0.25) is 0 Å². The van der Waals surface area contributed by atoms with Gasteiger partial charge in [-0.1, -0.05) is 6.07 Å². The number of thioether (sulfide) groups is 1. The average Bonchev–Trinajstić information content (AvgIpc) is 3.19. The number of amides is 2. The number of rotatable bonds is 5. The smallest absolute Gasteiger partial charge is 0.298 e. The van der Waals surface area contributed by atoms with Crippen molar-refractivity contribution in [2.24, 2.45) is 0 Å². The third-order valence-electron chi connectivity index (χ3n) is 4.27. The number of likely N-dealkylation sites (tertiary alicyclic amines) is 1. The van der Waals surface area contributed by atoms with Crippen LogP contribution in [-0.2, 0) is 4.79 Å². The fourth-order valence-corrected chi connectivity index (χ4v) is 3.83. The minimum absolute atomic E-state index is 0.189. The molecule has 2 aliphatic rings. The first kappa shape index (κ1) is 16.9. The minimum Gasteiger partial charge on any atom is -0.493 e. The predicted octanol–water partition coefficient (Wildman–Crippen LogP) is 1.38. The Balaban J connectivity index is 1.78. The fourth-order valence-electron chi connectivity index (χ4n) is 2.99. The van der Waals surface area contributed by atoms with Crippen LogP contribution in [0.25, 0.3) is 6.08 Å². The molecule has 2 heterocycles. The molecule has 24 heavy (non-hydrogen) atoms. The fraction of sp³-hybridized carbons (Fsp3) is 0.412. The van der Waals surface area contributed by atoms with Crippen molar-refractivity contribution >= 4 is 29.0 Å². The second kappa shape index (κ2) is 7.27. The van der Waals surface area contributed by atoms with E-state index in [9.17, 15) is 9.59 Å². The summed E-state index contributed by atoms with van der Waals surface area (Å²) in [5.74, 6) is 1.01. The molecular weight excluding hydrogens is 328 g/mol. The highest BCUT2D eigenvalue weighted by molar-refractivity contribution is 8.18. The number of ether oxygens (including phenoxy) is 2. The number of imide groups is 1. The molecule has 128 valence electrons. The molecule has 0 atom stereocenters. The highest BCUT2D eigenvalue weighted by Crippen LogP contribution is 2.34. The number of hydrogen-bond donors (Lipinski definition) is 1. The molecule has 0 bridgehead atoms. The molecule has 0 aliphatic carbocycles. The molecule has 2 amide bonds. The van der Waals surface area contributed by atoms with Crippen molar-refractivity contribution in [3.63, 3.8) is 0 Å². The van der Waals surface area contributed by atoms with Gasteiger partial charge in [-0.15, -0.1) is 0 Å². The van der Waals surface area contributed by atoms with E-state index in [0.717, 1.165) is 43.3 Å². The Morgan fingerprint density at radius 3 is 2.54 bits per heavy atom. The first-order chi connectivity index (χ1) is 11.6. The van der Waals surface area contributed by atoms with Crippen molar-refractivity contribution in [1.29, 1.82) is 0 Å². The molecule has 1 aromatic rings. The summed E-state index contributed by atoms with van der Waals surface area (Å²) in [4.78, 5) is 27.8. The number of quaternary nitrogens is 1. The summed E-state index contributed by atoms with van der Waals surface area (Å²) in [6.45, 7) is 2.51. The van der Waals surface area contributed by atoms with E-state index in [4.69, 9.17) is 9.47 Å². The van der Waals surface area contributed by atoms with Gasteiger partial charge in [-0.25, -0.2) is 4.90 Å². The number of carbonyl (C=O) groups is 2. The van der Waals surface area contributed by atoms with Gasteiger partial charge in [-0.3, -0.25) is 9.59 Å². The quantitative estimate of drug-likeness (QED) is 0.814. The van der Waals surface area contributed by atoms with E-state index >= 15 is 0 Å². The first-order valence-corrected chi connectivity index (χ1v) is 8.75. The lowest BCUT2D eigenvalue weighted by Crippen LogP contribution is -3.11. The van der Waals surface area contributed by atoms with Gasteiger partial charge >= 0.3 is 0 Å². The number of nitrogens with one attached hydrogen (secondary N) is 1. The molecule has 2 aliphatic heterocycles. The summed E-state index contributed by atoms with van der Waals surface area (Å²) in [6.07, 6.45) is 4.05. The van der Waals surface area contributed by atoms with Crippen molar-refractivity contribution in [3.05, 3.63) is 28.7 Å². The second-order valence-electron chi connectivity index (χ2n) is 5.84. The number of methoxy groups -OCH3 is 2. The normalized spacial score (nSPS) is 20.2. The molecule has 0 unspecified atom stereocenters. The Labute approximate surface area is 145 Å². The summed E-state index contributed by atoms with van der Waals surface area (Å²) < 4.78 is 10.5. The number of hydrogen-bond acceptors (Lipinski definition) is 5. The molecule has 2 fully saturated rings. The Morgan fingerprint density at radius 1 is 1.17 bits per heavy atom. The van der Waals surface area contributed by atoms with Crippen molar-refractivity contribution in [2.45, 2.75) is 12.8 Å². The van der Waals surface area contributed by atoms with Gasteiger partial charge in [-0.2, -0.15) is 0 Å². The Bertz CT molecular complexity index is 683. The van der Waals surface area contributed by atoms with Crippen molar-refractivity contribution in [3.8, 4) is 11.5 Å². The van der Waals surface area contributed by atoms with Gasteiger partial charge < -0.3 is 14.4 Å². The molecule has 2 saturated heterocycles. The number of nitrogens with zero attached hydrogens (tertiary/aromatic N) is 1. The van der Waals surface area contributed by atoms with E-state index in [1.807, 2.05) is 6.07 Å². The van der Waals surface area contributed by atoms with Gasteiger partial charge in [0.15, 0.2) is 18.2 Å². The zero-order valence-electron chi connectivity index (χ0n) is 13.8. The summed E-state index contributed by atoms with van der Waals surface area (Å²) in [6, 6.07) is 5.41. The maximum atomic E-state index is 12.5. The highest BCUT2D eigenvalue weighted by atomic mass is 32.2. The van der Waals surface area contributed by atoms with Crippen LogP contribution in [0.1, 0.15) is 18.4 Å². The maximum absolute atomic E-state index is 12.5. The van der Waals surface area contributed by atoms with Crippen molar-refractivity contribution in [1.82, 2.24) is 4.90 Å².